The molecule has 0 amide bonds. The van der Waals surface area contributed by atoms with Crippen LogP contribution in [-0.2, 0) is 11.3 Å². The molecule has 2 heterocycles. The maximum atomic E-state index is 10.9. The van der Waals surface area contributed by atoms with Crippen molar-refractivity contribution < 1.29 is 14.4 Å². The number of carboxylic acids is 1. The topological polar surface area (TPSA) is 79.5 Å². The summed E-state index contributed by atoms with van der Waals surface area (Å²) in [5.41, 5.74) is 0. The van der Waals surface area contributed by atoms with Gasteiger partial charge in [-0.3, -0.25) is 9.69 Å². The minimum Gasteiger partial charge on any atom is -0.480 e. The first-order valence-electron chi connectivity index (χ1n) is 4.93. The Labute approximate surface area is 86.9 Å². The largest absolute Gasteiger partial charge is 0.480 e. The van der Waals surface area contributed by atoms with Crippen LogP contribution in [0.2, 0.25) is 0 Å². The Bertz CT molecular complexity index is 363. The van der Waals surface area contributed by atoms with Crippen molar-refractivity contribution in [3.05, 3.63) is 11.7 Å². The lowest BCUT2D eigenvalue weighted by Crippen LogP contribution is -2.35. The fourth-order valence-electron chi connectivity index (χ4n) is 1.88. The number of hydrogen-bond donors (Lipinski definition) is 1. The first kappa shape index (κ1) is 10.1. The Balaban J connectivity index is 2.02. The molecule has 1 aromatic rings. The van der Waals surface area contributed by atoms with E-state index in [0.717, 1.165) is 13.0 Å². The van der Waals surface area contributed by atoms with E-state index < -0.39 is 12.0 Å². The second-order valence-electron chi connectivity index (χ2n) is 3.70. The number of likely N-dealkylation sites (tertiary alicyclic amines) is 1. The van der Waals surface area contributed by atoms with Gasteiger partial charge in [0, 0.05) is 6.92 Å². The van der Waals surface area contributed by atoms with E-state index in [-0.39, 0.29) is 0 Å². The lowest BCUT2D eigenvalue weighted by Gasteiger charge is -2.18. The van der Waals surface area contributed by atoms with Crippen molar-refractivity contribution in [2.24, 2.45) is 0 Å². The summed E-state index contributed by atoms with van der Waals surface area (Å²) in [7, 11) is 0. The quantitative estimate of drug-likeness (QED) is 0.780. The third kappa shape index (κ3) is 2.15. The van der Waals surface area contributed by atoms with E-state index in [0.29, 0.717) is 24.7 Å². The average molecular weight is 211 g/mol. The van der Waals surface area contributed by atoms with E-state index >= 15 is 0 Å². The van der Waals surface area contributed by atoms with Crippen molar-refractivity contribution >= 4 is 5.97 Å². The van der Waals surface area contributed by atoms with Crippen LogP contribution in [0.3, 0.4) is 0 Å². The van der Waals surface area contributed by atoms with Crippen molar-refractivity contribution in [3.8, 4) is 0 Å². The molecule has 1 aromatic heterocycles. The molecule has 1 aliphatic heterocycles. The Morgan fingerprint density at radius 1 is 1.73 bits per heavy atom. The number of rotatable bonds is 3. The monoisotopic (exact) mass is 211 g/mol. The third-order valence-electron chi connectivity index (χ3n) is 2.56. The first-order chi connectivity index (χ1) is 7.16. The Morgan fingerprint density at radius 2 is 2.53 bits per heavy atom. The van der Waals surface area contributed by atoms with Gasteiger partial charge in [-0.05, 0) is 19.4 Å². The second-order valence-corrected chi connectivity index (χ2v) is 3.70. The van der Waals surface area contributed by atoms with Gasteiger partial charge in [0.15, 0.2) is 5.82 Å². The van der Waals surface area contributed by atoms with Gasteiger partial charge in [0.05, 0.1) is 6.54 Å². The van der Waals surface area contributed by atoms with E-state index in [1.165, 1.54) is 0 Å². The lowest BCUT2D eigenvalue weighted by molar-refractivity contribution is -0.142. The van der Waals surface area contributed by atoms with Gasteiger partial charge in [-0.2, -0.15) is 4.98 Å². The van der Waals surface area contributed by atoms with Crippen LogP contribution in [0.1, 0.15) is 24.6 Å². The summed E-state index contributed by atoms with van der Waals surface area (Å²) in [4.78, 5) is 16.8. The Hall–Kier alpha value is -1.43. The molecule has 82 valence electrons. The van der Waals surface area contributed by atoms with Crippen LogP contribution in [-0.4, -0.2) is 38.7 Å². The molecular weight excluding hydrogens is 198 g/mol. The molecular formula is C9H13N3O3. The number of carboxylic acid groups (broad SMARTS) is 1. The molecule has 2 rings (SSSR count). The minimum absolute atomic E-state index is 0.399. The van der Waals surface area contributed by atoms with Gasteiger partial charge in [-0.1, -0.05) is 5.16 Å². The highest BCUT2D eigenvalue weighted by Crippen LogP contribution is 2.19. The smallest absolute Gasteiger partial charge is 0.320 e. The third-order valence-corrected chi connectivity index (χ3v) is 2.56. The Morgan fingerprint density at radius 3 is 3.13 bits per heavy atom. The van der Waals surface area contributed by atoms with Crippen LogP contribution in [0.25, 0.3) is 0 Å². The van der Waals surface area contributed by atoms with Crippen LogP contribution in [0.5, 0.6) is 0 Å². The number of carbonyl (C=O) groups is 1. The molecule has 1 atom stereocenters. The predicted molar refractivity (Wildman–Crippen MR) is 50.1 cm³/mol. The van der Waals surface area contributed by atoms with Gasteiger partial charge in [0.25, 0.3) is 0 Å². The lowest BCUT2D eigenvalue weighted by atomic mass is 10.2. The summed E-state index contributed by atoms with van der Waals surface area (Å²) in [6, 6.07) is -0.399. The second kappa shape index (κ2) is 3.98. The SMILES string of the molecule is Cc1nc(CN2CCCC2C(=O)O)no1. The van der Waals surface area contributed by atoms with E-state index in [2.05, 4.69) is 10.1 Å². The molecule has 0 bridgehead atoms. The highest BCUT2D eigenvalue weighted by atomic mass is 16.5. The summed E-state index contributed by atoms with van der Waals surface area (Å²) >= 11 is 0. The standard InChI is InChI=1S/C9H13N3O3/c1-6-10-8(11-15-6)5-12-4-2-3-7(12)9(13)14/h7H,2-5H2,1H3,(H,13,14). The van der Waals surface area contributed by atoms with Gasteiger partial charge in [-0.25, -0.2) is 0 Å². The van der Waals surface area contributed by atoms with Gasteiger partial charge in [0.1, 0.15) is 6.04 Å². The number of aryl methyl sites for hydroxylation is 1. The molecule has 15 heavy (non-hydrogen) atoms. The maximum Gasteiger partial charge on any atom is 0.320 e. The summed E-state index contributed by atoms with van der Waals surface area (Å²) < 4.78 is 4.84. The van der Waals surface area contributed by atoms with E-state index in [4.69, 9.17) is 9.63 Å². The van der Waals surface area contributed by atoms with Crippen molar-refractivity contribution in [1.29, 1.82) is 0 Å². The van der Waals surface area contributed by atoms with Crippen molar-refractivity contribution in [2.75, 3.05) is 6.54 Å². The molecule has 1 fully saturated rings. The zero-order valence-electron chi connectivity index (χ0n) is 8.51. The van der Waals surface area contributed by atoms with Gasteiger partial charge < -0.3 is 9.63 Å². The molecule has 1 aliphatic rings. The molecule has 6 nitrogen and oxygen atoms in total. The highest BCUT2D eigenvalue weighted by molar-refractivity contribution is 5.73. The molecule has 1 saturated heterocycles. The molecule has 0 saturated carbocycles. The number of aromatic nitrogens is 2. The summed E-state index contributed by atoms with van der Waals surface area (Å²) in [6.45, 7) is 2.95. The molecule has 0 aromatic carbocycles. The van der Waals surface area contributed by atoms with Crippen molar-refractivity contribution in [2.45, 2.75) is 32.4 Å². The number of nitrogens with zero attached hydrogens (tertiary/aromatic N) is 3. The van der Waals surface area contributed by atoms with Gasteiger partial charge in [-0.15, -0.1) is 0 Å². The zero-order valence-corrected chi connectivity index (χ0v) is 8.51. The van der Waals surface area contributed by atoms with Crippen LogP contribution >= 0.6 is 0 Å². The van der Waals surface area contributed by atoms with E-state index in [1.54, 1.807) is 6.92 Å². The minimum atomic E-state index is -0.771. The van der Waals surface area contributed by atoms with Crippen molar-refractivity contribution in [1.82, 2.24) is 15.0 Å². The normalized spacial score (nSPS) is 22.1. The fraction of sp³-hybridized carbons (Fsp3) is 0.667. The predicted octanol–water partition coefficient (Wildman–Crippen LogP) is 0.427. The van der Waals surface area contributed by atoms with Crippen LogP contribution < -0.4 is 0 Å². The molecule has 1 unspecified atom stereocenters. The van der Waals surface area contributed by atoms with Crippen LogP contribution in [0.15, 0.2) is 4.52 Å². The van der Waals surface area contributed by atoms with Crippen LogP contribution in [0.4, 0.5) is 0 Å². The molecule has 0 aliphatic carbocycles. The van der Waals surface area contributed by atoms with E-state index in [9.17, 15) is 4.79 Å². The molecule has 0 spiro atoms. The zero-order chi connectivity index (χ0) is 10.8. The van der Waals surface area contributed by atoms with Crippen molar-refractivity contribution in [3.63, 3.8) is 0 Å². The Kier molecular flexibility index (Phi) is 2.68. The van der Waals surface area contributed by atoms with E-state index in [1.807, 2.05) is 4.90 Å². The van der Waals surface area contributed by atoms with Crippen LogP contribution in [0, 0.1) is 6.92 Å². The maximum absolute atomic E-state index is 10.9. The average Bonchev–Trinajstić information content (AvgIpc) is 2.75. The molecule has 0 radical (unpaired) electrons. The molecule has 1 N–H and O–H groups in total. The summed E-state index contributed by atoms with van der Waals surface area (Å²) in [6.07, 6.45) is 1.61. The number of hydrogen-bond acceptors (Lipinski definition) is 5. The summed E-state index contributed by atoms with van der Waals surface area (Å²) in [5.74, 6) is 0.296. The highest BCUT2D eigenvalue weighted by Gasteiger charge is 2.31. The van der Waals surface area contributed by atoms with Gasteiger partial charge >= 0.3 is 5.97 Å². The summed E-state index contributed by atoms with van der Waals surface area (Å²) in [5, 5.41) is 12.7. The fourth-order valence-corrected chi connectivity index (χ4v) is 1.88. The number of aliphatic carboxylic acids is 1. The molecule has 6 heteroatoms. The van der Waals surface area contributed by atoms with Gasteiger partial charge in [0.2, 0.25) is 5.89 Å². The first-order valence-corrected chi connectivity index (χ1v) is 4.93.